The molecule has 0 rings (SSSR count). The van der Waals surface area contributed by atoms with E-state index in [4.69, 9.17) is 0 Å². The summed E-state index contributed by atoms with van der Waals surface area (Å²) >= 11 is 3.85. The Morgan fingerprint density at radius 2 is 1.50 bits per heavy atom. The van der Waals surface area contributed by atoms with E-state index in [2.05, 4.69) is 27.4 Å². The molecule has 0 aromatic heterocycles. The van der Waals surface area contributed by atoms with Crippen LogP contribution in [0.4, 0.5) is 13.2 Å². The summed E-state index contributed by atoms with van der Waals surface area (Å²) in [5, 5.41) is 3.68. The number of halogens is 3. The van der Waals surface area contributed by atoms with Crippen LogP contribution in [0.5, 0.6) is 0 Å². The summed E-state index contributed by atoms with van der Waals surface area (Å²) in [6.07, 6.45) is -6.09. The highest BCUT2D eigenvalue weighted by atomic mass is 32.1. The van der Waals surface area contributed by atoms with Crippen molar-refractivity contribution in [3.05, 3.63) is 0 Å². The molecule has 0 radical (unpaired) electrons. The first-order valence-corrected chi connectivity index (χ1v) is 7.13. The Bertz CT molecular complexity index is 486. The van der Waals surface area contributed by atoms with Gasteiger partial charge in [-0.05, 0) is 6.42 Å². The summed E-state index contributed by atoms with van der Waals surface area (Å²) in [7, 11) is 2.02. The normalized spacial score (nSPS) is 13.4. The summed E-state index contributed by atoms with van der Waals surface area (Å²) in [6, 6.07) is -2.71. The zero-order valence-corrected chi connectivity index (χ0v) is 13.7. The van der Waals surface area contributed by atoms with Crippen molar-refractivity contribution in [1.29, 1.82) is 0 Å². The van der Waals surface area contributed by atoms with Gasteiger partial charge in [-0.1, -0.05) is 0 Å². The lowest BCUT2D eigenvalue weighted by Gasteiger charge is -2.18. The number of thiol groups is 1. The maximum absolute atomic E-state index is 12.2. The Kier molecular flexibility index (Phi) is 9.18. The van der Waals surface area contributed by atoms with Crippen LogP contribution in [-0.2, 0) is 28.7 Å². The van der Waals surface area contributed by atoms with Crippen molar-refractivity contribution in [2.75, 3.05) is 20.0 Å². The largest absolute Gasteiger partial charge is 0.471 e. The molecule has 138 valence electrons. The number of carbonyl (C=O) groups is 4. The molecule has 0 spiro atoms. The van der Waals surface area contributed by atoms with Crippen molar-refractivity contribution >= 4 is 36.4 Å². The highest BCUT2D eigenvalue weighted by Crippen LogP contribution is 2.15. The molecule has 24 heavy (non-hydrogen) atoms. The van der Waals surface area contributed by atoms with Crippen LogP contribution in [0.15, 0.2) is 0 Å². The molecule has 2 atom stereocenters. The quantitative estimate of drug-likeness (QED) is 0.393. The SMILES string of the molecule is COC(=O)[C@H](CS)NC(=O)CC[C@@H](NC(=O)C(F)(F)F)C(=O)OC. The van der Waals surface area contributed by atoms with E-state index in [1.807, 2.05) is 0 Å². The van der Waals surface area contributed by atoms with Crippen molar-refractivity contribution in [2.24, 2.45) is 0 Å². The van der Waals surface area contributed by atoms with Crippen LogP contribution in [0.2, 0.25) is 0 Å². The number of methoxy groups -OCH3 is 2. The molecule has 0 bridgehead atoms. The molecule has 0 fully saturated rings. The summed E-state index contributed by atoms with van der Waals surface area (Å²) in [4.78, 5) is 45.3. The predicted octanol–water partition coefficient (Wildman–Crippen LogP) is -0.426. The number of esters is 2. The summed E-state index contributed by atoms with van der Waals surface area (Å²) < 4.78 is 45.3. The van der Waals surface area contributed by atoms with Crippen molar-refractivity contribution < 1.29 is 41.8 Å². The van der Waals surface area contributed by atoms with Crippen LogP contribution < -0.4 is 10.6 Å². The standard InChI is InChI=1S/C12H17F3N2O6S/c1-22-9(19)6(17-11(21)12(13,14)15)3-4-8(18)16-7(5-24)10(20)23-2/h6-7,24H,3-5H2,1-2H3,(H,16,18)(H,17,21)/t6-,7+/m1/s1. The number of ether oxygens (including phenoxy) is 2. The number of hydrogen-bond acceptors (Lipinski definition) is 7. The van der Waals surface area contributed by atoms with Gasteiger partial charge in [0.05, 0.1) is 14.2 Å². The van der Waals surface area contributed by atoms with Crippen LogP contribution in [-0.4, -0.2) is 62.0 Å². The van der Waals surface area contributed by atoms with E-state index >= 15 is 0 Å². The van der Waals surface area contributed by atoms with Crippen LogP contribution in [0, 0.1) is 0 Å². The van der Waals surface area contributed by atoms with E-state index < -0.39 is 54.9 Å². The minimum Gasteiger partial charge on any atom is -0.467 e. The first kappa shape index (κ1) is 22.0. The first-order valence-electron chi connectivity index (χ1n) is 6.50. The summed E-state index contributed by atoms with van der Waals surface area (Å²) in [5.74, 6) is -5.04. The monoisotopic (exact) mass is 374 g/mol. The molecule has 12 heteroatoms. The first-order chi connectivity index (χ1) is 11.1. The number of rotatable bonds is 8. The van der Waals surface area contributed by atoms with Gasteiger partial charge in [-0.25, -0.2) is 9.59 Å². The Hall–Kier alpha value is -1.98. The third kappa shape index (κ3) is 7.53. The number of alkyl halides is 3. The lowest BCUT2D eigenvalue weighted by atomic mass is 10.1. The number of amides is 2. The van der Waals surface area contributed by atoms with Gasteiger partial charge in [-0.15, -0.1) is 0 Å². The molecule has 2 amide bonds. The molecule has 0 aliphatic rings. The highest BCUT2D eigenvalue weighted by molar-refractivity contribution is 7.80. The lowest BCUT2D eigenvalue weighted by molar-refractivity contribution is -0.175. The van der Waals surface area contributed by atoms with Crippen LogP contribution in [0.3, 0.4) is 0 Å². The van der Waals surface area contributed by atoms with Crippen molar-refractivity contribution in [3.8, 4) is 0 Å². The maximum Gasteiger partial charge on any atom is 0.471 e. The van der Waals surface area contributed by atoms with Gasteiger partial charge in [0, 0.05) is 12.2 Å². The molecule has 2 N–H and O–H groups in total. The molecule has 0 aromatic rings. The molecule has 0 saturated heterocycles. The van der Waals surface area contributed by atoms with E-state index in [0.29, 0.717) is 0 Å². The van der Waals surface area contributed by atoms with Crippen LogP contribution in [0.1, 0.15) is 12.8 Å². The second-order valence-electron chi connectivity index (χ2n) is 4.41. The zero-order valence-electron chi connectivity index (χ0n) is 12.8. The van der Waals surface area contributed by atoms with Crippen LogP contribution in [0.25, 0.3) is 0 Å². The van der Waals surface area contributed by atoms with E-state index in [1.165, 1.54) is 5.32 Å². The highest BCUT2D eigenvalue weighted by Gasteiger charge is 2.41. The molecular formula is C12H17F3N2O6S. The molecule has 0 aliphatic carbocycles. The Morgan fingerprint density at radius 3 is 1.92 bits per heavy atom. The number of nitrogens with one attached hydrogen (secondary N) is 2. The molecule has 0 heterocycles. The molecule has 0 aliphatic heterocycles. The Morgan fingerprint density at radius 1 is 1.00 bits per heavy atom. The average Bonchev–Trinajstić information content (AvgIpc) is 2.53. The zero-order chi connectivity index (χ0) is 18.9. The Labute approximate surface area is 140 Å². The van der Waals surface area contributed by atoms with E-state index in [9.17, 15) is 32.3 Å². The third-order valence-corrected chi connectivity index (χ3v) is 3.08. The fourth-order valence-electron chi connectivity index (χ4n) is 1.49. The third-order valence-electron chi connectivity index (χ3n) is 2.71. The van der Waals surface area contributed by atoms with Crippen molar-refractivity contribution in [1.82, 2.24) is 10.6 Å². The van der Waals surface area contributed by atoms with Gasteiger partial charge < -0.3 is 20.1 Å². The summed E-state index contributed by atoms with van der Waals surface area (Å²) in [5.41, 5.74) is 0. The number of carbonyl (C=O) groups excluding carboxylic acids is 4. The van der Waals surface area contributed by atoms with Gasteiger partial charge in [0.1, 0.15) is 12.1 Å². The average molecular weight is 374 g/mol. The van der Waals surface area contributed by atoms with E-state index in [1.54, 1.807) is 0 Å². The van der Waals surface area contributed by atoms with Gasteiger partial charge in [0.2, 0.25) is 5.91 Å². The predicted molar refractivity (Wildman–Crippen MR) is 77.0 cm³/mol. The maximum atomic E-state index is 12.2. The summed E-state index contributed by atoms with van der Waals surface area (Å²) in [6.45, 7) is 0. The topological polar surface area (TPSA) is 111 Å². The second kappa shape index (κ2) is 10.0. The molecule has 0 aromatic carbocycles. The van der Waals surface area contributed by atoms with Gasteiger partial charge in [-0.3, -0.25) is 9.59 Å². The van der Waals surface area contributed by atoms with Gasteiger partial charge >= 0.3 is 24.0 Å². The molecular weight excluding hydrogens is 357 g/mol. The molecule has 0 saturated carbocycles. The van der Waals surface area contributed by atoms with Gasteiger partial charge in [0.15, 0.2) is 0 Å². The van der Waals surface area contributed by atoms with E-state index in [0.717, 1.165) is 14.2 Å². The molecule has 8 nitrogen and oxygen atoms in total. The number of hydrogen-bond donors (Lipinski definition) is 3. The fraction of sp³-hybridized carbons (Fsp3) is 0.667. The second-order valence-corrected chi connectivity index (χ2v) is 4.78. The fourth-order valence-corrected chi connectivity index (χ4v) is 1.73. The van der Waals surface area contributed by atoms with Crippen molar-refractivity contribution in [3.63, 3.8) is 0 Å². The molecule has 0 unspecified atom stereocenters. The smallest absolute Gasteiger partial charge is 0.467 e. The Balaban J connectivity index is 4.71. The van der Waals surface area contributed by atoms with Gasteiger partial charge in [-0.2, -0.15) is 25.8 Å². The van der Waals surface area contributed by atoms with Crippen molar-refractivity contribution in [2.45, 2.75) is 31.1 Å². The minimum atomic E-state index is -5.18. The van der Waals surface area contributed by atoms with Gasteiger partial charge in [0.25, 0.3) is 0 Å². The lowest BCUT2D eigenvalue weighted by Crippen LogP contribution is -2.48. The van der Waals surface area contributed by atoms with Crippen LogP contribution >= 0.6 is 12.6 Å². The minimum absolute atomic E-state index is 0.0658. The van der Waals surface area contributed by atoms with E-state index in [-0.39, 0.29) is 5.75 Å².